The molecule has 2 aromatic carbocycles. The van der Waals surface area contributed by atoms with Gasteiger partial charge in [0.05, 0.1) is 5.56 Å². The van der Waals surface area contributed by atoms with Crippen molar-refractivity contribution in [1.82, 2.24) is 9.88 Å². The molecule has 1 aliphatic heterocycles. The molecule has 3 aromatic rings. The summed E-state index contributed by atoms with van der Waals surface area (Å²) < 4.78 is 0.849. The Morgan fingerprint density at radius 2 is 1.88 bits per heavy atom. The number of carbonyl (C=O) groups is 1. The van der Waals surface area contributed by atoms with Crippen LogP contribution in [-0.4, -0.2) is 28.9 Å². The number of H-pyrrole nitrogens is 1. The fraction of sp³-hybridized carbons (Fsp3) is 0.190. The lowest BCUT2D eigenvalue weighted by Gasteiger charge is -2.27. The Hall–Kier alpha value is -2.33. The minimum atomic E-state index is 0.0819. The van der Waals surface area contributed by atoms with Crippen molar-refractivity contribution < 1.29 is 4.79 Å². The third kappa shape index (κ3) is 2.91. The third-order valence-corrected chi connectivity index (χ3v) is 5.51. The van der Waals surface area contributed by atoms with Crippen LogP contribution in [0.2, 0.25) is 0 Å². The lowest BCUT2D eigenvalue weighted by molar-refractivity contribution is 0.0772. The van der Waals surface area contributed by atoms with Crippen molar-refractivity contribution in [3.63, 3.8) is 0 Å². The van der Waals surface area contributed by atoms with Gasteiger partial charge >= 0.3 is 0 Å². The average molecular weight is 395 g/mol. The molecule has 0 saturated carbocycles. The maximum absolute atomic E-state index is 12.8. The first-order valence-electron chi connectivity index (χ1n) is 8.45. The smallest absolute Gasteiger partial charge is 0.255 e. The van der Waals surface area contributed by atoms with Crippen LogP contribution < -0.4 is 0 Å². The van der Waals surface area contributed by atoms with Crippen LogP contribution in [0.3, 0.4) is 0 Å². The van der Waals surface area contributed by atoms with Gasteiger partial charge in [0.2, 0.25) is 0 Å². The number of benzene rings is 2. The number of aryl methyl sites for hydroxylation is 1. The van der Waals surface area contributed by atoms with Crippen LogP contribution in [0.15, 0.2) is 59.1 Å². The SMILES string of the molecule is Cc1[nH]c2ccccc2c1C1=CCN(C(=O)c2ccccc2Br)CC1. The van der Waals surface area contributed by atoms with E-state index < -0.39 is 0 Å². The van der Waals surface area contributed by atoms with Gasteiger partial charge in [0.1, 0.15) is 0 Å². The van der Waals surface area contributed by atoms with Crippen molar-refractivity contribution in [1.29, 1.82) is 0 Å². The molecular formula is C21H19BrN2O. The molecule has 0 aliphatic carbocycles. The molecule has 1 aromatic heterocycles. The number of nitrogens with zero attached hydrogens (tertiary/aromatic N) is 1. The van der Waals surface area contributed by atoms with E-state index in [-0.39, 0.29) is 5.91 Å². The summed E-state index contributed by atoms with van der Waals surface area (Å²) in [5, 5.41) is 1.26. The maximum Gasteiger partial charge on any atom is 0.255 e. The van der Waals surface area contributed by atoms with Crippen molar-refractivity contribution in [3.8, 4) is 0 Å². The monoisotopic (exact) mass is 394 g/mol. The minimum absolute atomic E-state index is 0.0819. The second-order valence-corrected chi connectivity index (χ2v) is 7.24. The summed E-state index contributed by atoms with van der Waals surface area (Å²) in [6, 6.07) is 16.0. The summed E-state index contributed by atoms with van der Waals surface area (Å²) >= 11 is 3.48. The Labute approximate surface area is 155 Å². The van der Waals surface area contributed by atoms with Gasteiger partial charge in [-0.15, -0.1) is 0 Å². The normalized spacial score (nSPS) is 14.6. The van der Waals surface area contributed by atoms with Crippen molar-refractivity contribution in [2.75, 3.05) is 13.1 Å². The molecule has 1 N–H and O–H groups in total. The Kier molecular flexibility index (Phi) is 4.22. The predicted molar refractivity (Wildman–Crippen MR) is 106 cm³/mol. The molecule has 0 saturated heterocycles. The van der Waals surface area contributed by atoms with Crippen LogP contribution in [0.25, 0.3) is 16.5 Å². The zero-order chi connectivity index (χ0) is 17.4. The van der Waals surface area contributed by atoms with Gasteiger partial charge in [-0.25, -0.2) is 0 Å². The van der Waals surface area contributed by atoms with E-state index in [1.54, 1.807) is 0 Å². The van der Waals surface area contributed by atoms with Gasteiger partial charge < -0.3 is 9.88 Å². The van der Waals surface area contributed by atoms with Gasteiger partial charge in [-0.2, -0.15) is 0 Å². The van der Waals surface area contributed by atoms with Crippen molar-refractivity contribution in [3.05, 3.63) is 75.9 Å². The topological polar surface area (TPSA) is 36.1 Å². The highest BCUT2D eigenvalue weighted by atomic mass is 79.9. The highest BCUT2D eigenvalue weighted by molar-refractivity contribution is 9.10. The quantitative estimate of drug-likeness (QED) is 0.639. The Balaban J connectivity index is 1.61. The molecule has 1 amide bonds. The van der Waals surface area contributed by atoms with Gasteiger partial charge in [-0.3, -0.25) is 4.79 Å². The number of amides is 1. The van der Waals surface area contributed by atoms with Gasteiger partial charge in [0.25, 0.3) is 5.91 Å². The van der Waals surface area contributed by atoms with E-state index in [2.05, 4.69) is 58.2 Å². The van der Waals surface area contributed by atoms with E-state index >= 15 is 0 Å². The van der Waals surface area contributed by atoms with Crippen molar-refractivity contribution in [2.24, 2.45) is 0 Å². The standard InChI is InChI=1S/C21H19BrN2O/c1-14-20(17-7-3-5-9-19(17)23-14)15-10-12-24(13-11-15)21(25)16-6-2-4-8-18(16)22/h2-10,23H,11-13H2,1H3. The zero-order valence-corrected chi connectivity index (χ0v) is 15.6. The molecule has 3 nitrogen and oxygen atoms in total. The molecule has 0 spiro atoms. The van der Waals surface area contributed by atoms with Gasteiger partial charge in [0.15, 0.2) is 0 Å². The second-order valence-electron chi connectivity index (χ2n) is 6.38. The number of rotatable bonds is 2. The lowest BCUT2D eigenvalue weighted by atomic mass is 9.96. The number of para-hydroxylation sites is 1. The number of hydrogen-bond acceptors (Lipinski definition) is 1. The summed E-state index contributed by atoms with van der Waals surface area (Å²) in [6.45, 7) is 3.51. The molecule has 0 unspecified atom stereocenters. The number of halogens is 1. The molecule has 1 aliphatic rings. The number of nitrogens with one attached hydrogen (secondary N) is 1. The molecule has 0 fully saturated rings. The molecule has 0 atom stereocenters. The fourth-order valence-corrected chi connectivity index (χ4v) is 4.03. The summed E-state index contributed by atoms with van der Waals surface area (Å²) in [7, 11) is 0. The van der Waals surface area contributed by atoms with Crippen molar-refractivity contribution in [2.45, 2.75) is 13.3 Å². The Morgan fingerprint density at radius 1 is 1.12 bits per heavy atom. The number of aromatic amines is 1. The van der Waals surface area contributed by atoms with E-state index in [1.807, 2.05) is 29.2 Å². The van der Waals surface area contributed by atoms with Gasteiger partial charge in [-0.1, -0.05) is 36.4 Å². The van der Waals surface area contributed by atoms with Crippen LogP contribution >= 0.6 is 15.9 Å². The first-order valence-corrected chi connectivity index (χ1v) is 9.25. The Bertz CT molecular complexity index is 986. The molecular weight excluding hydrogens is 376 g/mol. The molecule has 126 valence electrons. The minimum Gasteiger partial charge on any atom is -0.358 e. The van der Waals surface area contributed by atoms with E-state index in [0.717, 1.165) is 23.0 Å². The van der Waals surface area contributed by atoms with Crippen LogP contribution in [-0.2, 0) is 0 Å². The number of aromatic nitrogens is 1. The van der Waals surface area contributed by atoms with Crippen LogP contribution in [0.5, 0.6) is 0 Å². The number of fused-ring (bicyclic) bond motifs is 1. The van der Waals surface area contributed by atoms with Gasteiger partial charge in [-0.05, 0) is 53.0 Å². The summed E-state index contributed by atoms with van der Waals surface area (Å²) in [5.74, 6) is 0.0819. The number of hydrogen-bond donors (Lipinski definition) is 1. The summed E-state index contributed by atoms with van der Waals surface area (Å²) in [4.78, 5) is 18.1. The van der Waals surface area contributed by atoms with Crippen LogP contribution in [0.1, 0.15) is 28.0 Å². The largest absolute Gasteiger partial charge is 0.358 e. The third-order valence-electron chi connectivity index (χ3n) is 4.82. The molecule has 0 bridgehead atoms. The average Bonchev–Trinajstić information content (AvgIpc) is 2.97. The lowest BCUT2D eigenvalue weighted by Crippen LogP contribution is -2.34. The molecule has 4 heteroatoms. The zero-order valence-electron chi connectivity index (χ0n) is 14.1. The van der Waals surface area contributed by atoms with Crippen molar-refractivity contribution >= 4 is 38.3 Å². The molecule has 2 heterocycles. The first kappa shape index (κ1) is 16.2. The molecule has 0 radical (unpaired) electrons. The highest BCUT2D eigenvalue weighted by Gasteiger charge is 2.22. The highest BCUT2D eigenvalue weighted by Crippen LogP contribution is 2.32. The first-order chi connectivity index (χ1) is 12.1. The molecule has 4 rings (SSSR count). The van der Waals surface area contributed by atoms with E-state index in [4.69, 9.17) is 0 Å². The van der Waals surface area contributed by atoms with E-state index in [9.17, 15) is 4.79 Å². The predicted octanol–water partition coefficient (Wildman–Crippen LogP) is 5.17. The summed E-state index contributed by atoms with van der Waals surface area (Å²) in [5.41, 5.74) is 5.71. The van der Waals surface area contributed by atoms with Crippen LogP contribution in [0.4, 0.5) is 0 Å². The number of carbonyl (C=O) groups excluding carboxylic acids is 1. The van der Waals surface area contributed by atoms with Gasteiger partial charge in [0, 0.05) is 39.7 Å². The second kappa shape index (κ2) is 6.52. The van der Waals surface area contributed by atoms with E-state index in [0.29, 0.717) is 6.54 Å². The Morgan fingerprint density at radius 3 is 2.64 bits per heavy atom. The maximum atomic E-state index is 12.8. The summed E-state index contributed by atoms with van der Waals surface area (Å²) in [6.07, 6.45) is 3.07. The molecule has 25 heavy (non-hydrogen) atoms. The van der Waals surface area contributed by atoms with E-state index in [1.165, 1.54) is 27.7 Å². The van der Waals surface area contributed by atoms with Crippen LogP contribution in [0, 0.1) is 6.92 Å². The fourth-order valence-electron chi connectivity index (χ4n) is 3.58.